The molecule has 1 saturated carbocycles. The fraction of sp³-hybridized carbons (Fsp3) is 0.846. The third kappa shape index (κ3) is 5.04. The topological polar surface area (TPSA) is 92.4 Å². The van der Waals surface area contributed by atoms with Crippen LogP contribution in [0.1, 0.15) is 51.4 Å². The number of amides is 1. The zero-order chi connectivity index (χ0) is 13.4. The Morgan fingerprint density at radius 3 is 2.44 bits per heavy atom. The van der Waals surface area contributed by atoms with Crippen LogP contribution < -0.4 is 11.1 Å². The summed E-state index contributed by atoms with van der Waals surface area (Å²) in [5, 5.41) is 11.4. The minimum Gasteiger partial charge on any atom is -0.481 e. The molecule has 0 aromatic heterocycles. The number of hydrogen-bond donors (Lipinski definition) is 3. The van der Waals surface area contributed by atoms with Gasteiger partial charge in [-0.2, -0.15) is 0 Å². The molecule has 0 saturated heterocycles. The summed E-state index contributed by atoms with van der Waals surface area (Å²) >= 11 is 0. The molecule has 1 aliphatic carbocycles. The lowest BCUT2D eigenvalue weighted by molar-refractivity contribution is -0.137. The van der Waals surface area contributed by atoms with Crippen molar-refractivity contribution in [3.8, 4) is 0 Å². The third-order valence-corrected chi connectivity index (χ3v) is 3.77. The fourth-order valence-corrected chi connectivity index (χ4v) is 2.34. The second-order valence-corrected chi connectivity index (χ2v) is 5.29. The Kier molecular flexibility index (Phi) is 6.12. The number of carboxylic acids is 1. The van der Waals surface area contributed by atoms with Crippen LogP contribution in [0.2, 0.25) is 0 Å². The molecule has 0 radical (unpaired) electrons. The average molecular weight is 256 g/mol. The van der Waals surface area contributed by atoms with E-state index in [0.717, 1.165) is 25.7 Å². The van der Waals surface area contributed by atoms with E-state index in [1.807, 2.05) is 0 Å². The number of carbonyl (C=O) groups excluding carboxylic acids is 1. The quantitative estimate of drug-likeness (QED) is 0.542. The van der Waals surface area contributed by atoms with Crippen LogP contribution in [0.3, 0.4) is 0 Å². The Morgan fingerprint density at radius 2 is 1.94 bits per heavy atom. The van der Waals surface area contributed by atoms with E-state index in [1.165, 1.54) is 6.42 Å². The Balaban J connectivity index is 2.01. The van der Waals surface area contributed by atoms with E-state index >= 15 is 0 Å². The zero-order valence-corrected chi connectivity index (χ0v) is 10.9. The average Bonchev–Trinajstić information content (AvgIpc) is 2.28. The van der Waals surface area contributed by atoms with Crippen molar-refractivity contribution in [3.63, 3.8) is 0 Å². The molecule has 0 bridgehead atoms. The van der Waals surface area contributed by atoms with Crippen LogP contribution in [0.15, 0.2) is 0 Å². The highest BCUT2D eigenvalue weighted by atomic mass is 16.4. The minimum atomic E-state index is -0.756. The smallest absolute Gasteiger partial charge is 0.303 e. The van der Waals surface area contributed by atoms with Crippen molar-refractivity contribution in [1.29, 1.82) is 0 Å². The second-order valence-electron chi connectivity index (χ2n) is 5.29. The van der Waals surface area contributed by atoms with Crippen LogP contribution in [0.4, 0.5) is 0 Å². The van der Waals surface area contributed by atoms with Crippen molar-refractivity contribution in [1.82, 2.24) is 5.32 Å². The molecular formula is C13H24N2O3. The Bertz CT molecular complexity index is 282. The van der Waals surface area contributed by atoms with Gasteiger partial charge in [-0.1, -0.05) is 12.8 Å². The summed E-state index contributed by atoms with van der Waals surface area (Å²) in [4.78, 5) is 22.0. The maximum atomic E-state index is 11.7. The zero-order valence-electron chi connectivity index (χ0n) is 10.9. The van der Waals surface area contributed by atoms with Gasteiger partial charge in [0.25, 0.3) is 0 Å². The lowest BCUT2D eigenvalue weighted by Gasteiger charge is -2.40. The summed E-state index contributed by atoms with van der Waals surface area (Å²) in [6.45, 7) is 1.23. The van der Waals surface area contributed by atoms with Gasteiger partial charge < -0.3 is 16.2 Å². The van der Waals surface area contributed by atoms with Gasteiger partial charge in [0.05, 0.1) is 0 Å². The number of unbranched alkanes of at least 4 members (excludes halogenated alkanes) is 2. The van der Waals surface area contributed by atoms with Gasteiger partial charge in [0.2, 0.25) is 5.91 Å². The molecule has 1 rings (SSSR count). The van der Waals surface area contributed by atoms with Crippen molar-refractivity contribution in [2.75, 3.05) is 13.1 Å². The number of rotatable bonds is 9. The first kappa shape index (κ1) is 15.0. The van der Waals surface area contributed by atoms with Crippen molar-refractivity contribution in [2.24, 2.45) is 11.1 Å². The summed E-state index contributed by atoms with van der Waals surface area (Å²) in [6.07, 6.45) is 6.43. The maximum Gasteiger partial charge on any atom is 0.303 e. The molecule has 1 aliphatic rings. The number of hydrogen-bond acceptors (Lipinski definition) is 3. The molecule has 0 aromatic rings. The van der Waals surface area contributed by atoms with E-state index in [4.69, 9.17) is 10.8 Å². The molecule has 0 heterocycles. The lowest BCUT2D eigenvalue weighted by Crippen LogP contribution is -2.42. The van der Waals surface area contributed by atoms with E-state index in [-0.39, 0.29) is 17.7 Å². The van der Waals surface area contributed by atoms with Crippen molar-refractivity contribution < 1.29 is 14.7 Å². The largest absolute Gasteiger partial charge is 0.481 e. The molecule has 104 valence electrons. The van der Waals surface area contributed by atoms with Gasteiger partial charge in [-0.05, 0) is 37.6 Å². The van der Waals surface area contributed by atoms with E-state index in [0.29, 0.717) is 25.9 Å². The van der Waals surface area contributed by atoms with Gasteiger partial charge in [-0.3, -0.25) is 9.59 Å². The molecular weight excluding hydrogens is 232 g/mol. The predicted octanol–water partition coefficient (Wildman–Crippen LogP) is 1.27. The lowest BCUT2D eigenvalue weighted by atomic mass is 9.66. The maximum absolute atomic E-state index is 11.7. The Hall–Kier alpha value is -1.10. The molecule has 0 aliphatic heterocycles. The summed E-state index contributed by atoms with van der Waals surface area (Å²) < 4.78 is 0. The van der Waals surface area contributed by atoms with Gasteiger partial charge in [0.1, 0.15) is 0 Å². The molecule has 5 nitrogen and oxygen atoms in total. The second kappa shape index (κ2) is 7.36. The molecule has 4 N–H and O–H groups in total. The summed E-state index contributed by atoms with van der Waals surface area (Å²) in [7, 11) is 0. The summed E-state index contributed by atoms with van der Waals surface area (Å²) in [5.74, 6) is -0.674. The van der Waals surface area contributed by atoms with E-state index in [1.54, 1.807) is 0 Å². The van der Waals surface area contributed by atoms with Gasteiger partial charge >= 0.3 is 5.97 Å². The van der Waals surface area contributed by atoms with Crippen LogP contribution in [0.5, 0.6) is 0 Å². The van der Waals surface area contributed by atoms with Crippen LogP contribution in [-0.2, 0) is 9.59 Å². The SMILES string of the molecule is NCC1(CC(=O)NCCCCCC(=O)O)CCC1. The van der Waals surface area contributed by atoms with Crippen molar-refractivity contribution in [3.05, 3.63) is 0 Å². The number of nitrogens with one attached hydrogen (secondary N) is 1. The molecule has 1 amide bonds. The highest BCUT2D eigenvalue weighted by Gasteiger charge is 2.37. The highest BCUT2D eigenvalue weighted by molar-refractivity contribution is 5.76. The van der Waals surface area contributed by atoms with Crippen LogP contribution in [0.25, 0.3) is 0 Å². The van der Waals surface area contributed by atoms with E-state index in [2.05, 4.69) is 5.32 Å². The molecule has 1 fully saturated rings. The molecule has 5 heteroatoms. The fourth-order valence-electron chi connectivity index (χ4n) is 2.34. The van der Waals surface area contributed by atoms with Crippen LogP contribution >= 0.6 is 0 Å². The van der Waals surface area contributed by atoms with Gasteiger partial charge in [-0.25, -0.2) is 0 Å². The highest BCUT2D eigenvalue weighted by Crippen LogP contribution is 2.42. The molecule has 0 unspecified atom stereocenters. The number of carbonyl (C=O) groups is 2. The normalized spacial score (nSPS) is 16.9. The van der Waals surface area contributed by atoms with Crippen LogP contribution in [0, 0.1) is 5.41 Å². The first-order valence-corrected chi connectivity index (χ1v) is 6.76. The summed E-state index contributed by atoms with van der Waals surface area (Å²) in [6, 6.07) is 0. The Morgan fingerprint density at radius 1 is 1.22 bits per heavy atom. The minimum absolute atomic E-state index is 0.0629. The molecule has 0 spiro atoms. The monoisotopic (exact) mass is 256 g/mol. The number of nitrogens with two attached hydrogens (primary N) is 1. The van der Waals surface area contributed by atoms with Crippen molar-refractivity contribution in [2.45, 2.75) is 51.4 Å². The van der Waals surface area contributed by atoms with Crippen molar-refractivity contribution >= 4 is 11.9 Å². The first-order valence-electron chi connectivity index (χ1n) is 6.76. The third-order valence-electron chi connectivity index (χ3n) is 3.77. The van der Waals surface area contributed by atoms with E-state index in [9.17, 15) is 9.59 Å². The Labute approximate surface area is 108 Å². The van der Waals surface area contributed by atoms with Gasteiger partial charge in [0.15, 0.2) is 0 Å². The first-order chi connectivity index (χ1) is 8.58. The number of carboxylic acid groups (broad SMARTS) is 1. The van der Waals surface area contributed by atoms with Gasteiger partial charge in [0, 0.05) is 19.4 Å². The van der Waals surface area contributed by atoms with Gasteiger partial charge in [-0.15, -0.1) is 0 Å². The molecule has 18 heavy (non-hydrogen) atoms. The standard InChI is InChI=1S/C13H24N2O3/c14-10-13(6-4-7-13)9-11(16)15-8-3-1-2-5-12(17)18/h1-10,14H2,(H,15,16)(H,17,18). The predicted molar refractivity (Wildman–Crippen MR) is 69.1 cm³/mol. The summed E-state index contributed by atoms with van der Waals surface area (Å²) in [5.41, 5.74) is 5.77. The number of aliphatic carboxylic acids is 1. The molecule has 0 aromatic carbocycles. The molecule has 0 atom stereocenters. The van der Waals surface area contributed by atoms with Crippen LogP contribution in [-0.4, -0.2) is 30.1 Å². The van der Waals surface area contributed by atoms with E-state index < -0.39 is 5.97 Å².